The van der Waals surface area contributed by atoms with Crippen molar-refractivity contribution in [2.45, 2.75) is 57.0 Å². The molecule has 1 heterocycles. The van der Waals surface area contributed by atoms with Gasteiger partial charge in [-0.25, -0.2) is 4.98 Å². The van der Waals surface area contributed by atoms with E-state index in [-0.39, 0.29) is 11.1 Å². The summed E-state index contributed by atoms with van der Waals surface area (Å²) in [6.07, 6.45) is 10.1. The standard InChI is InChI=1S/C15H22ClN3O/c1-11-3-2-6-15(9-11,10-16)18-13-14(20)19(8-7-17-13)12-4-5-12/h7-8,11-12H,2-6,9-10H2,1H3,(H,17,18). The minimum Gasteiger partial charge on any atom is -0.359 e. The summed E-state index contributed by atoms with van der Waals surface area (Å²) < 4.78 is 1.81. The van der Waals surface area contributed by atoms with Crippen molar-refractivity contribution in [3.05, 3.63) is 22.7 Å². The molecule has 4 nitrogen and oxygen atoms in total. The van der Waals surface area contributed by atoms with Gasteiger partial charge in [-0.1, -0.05) is 19.8 Å². The molecule has 20 heavy (non-hydrogen) atoms. The highest BCUT2D eigenvalue weighted by Crippen LogP contribution is 2.36. The van der Waals surface area contributed by atoms with Gasteiger partial charge >= 0.3 is 0 Å². The van der Waals surface area contributed by atoms with Crippen molar-refractivity contribution in [1.82, 2.24) is 9.55 Å². The second-order valence-electron chi connectivity index (χ2n) is 6.46. The molecule has 2 atom stereocenters. The Bertz CT molecular complexity index is 540. The highest BCUT2D eigenvalue weighted by molar-refractivity contribution is 6.18. The van der Waals surface area contributed by atoms with E-state index in [2.05, 4.69) is 17.2 Å². The fourth-order valence-electron chi connectivity index (χ4n) is 3.33. The van der Waals surface area contributed by atoms with Crippen LogP contribution in [0.4, 0.5) is 5.82 Å². The maximum absolute atomic E-state index is 12.5. The predicted octanol–water partition coefficient (Wildman–Crippen LogP) is 3.18. The Hall–Kier alpha value is -1.03. The number of halogens is 1. The molecule has 1 aromatic heterocycles. The summed E-state index contributed by atoms with van der Waals surface area (Å²) in [7, 11) is 0. The Labute approximate surface area is 124 Å². The van der Waals surface area contributed by atoms with E-state index in [1.54, 1.807) is 12.4 Å². The van der Waals surface area contributed by atoms with Gasteiger partial charge in [-0.3, -0.25) is 4.79 Å². The van der Waals surface area contributed by atoms with Crippen LogP contribution in [0.25, 0.3) is 0 Å². The Kier molecular flexibility index (Phi) is 3.76. The fourth-order valence-corrected chi connectivity index (χ4v) is 3.64. The summed E-state index contributed by atoms with van der Waals surface area (Å²) in [5.41, 5.74) is -0.175. The minimum absolute atomic E-state index is 0.00211. The molecule has 0 aliphatic heterocycles. The van der Waals surface area contributed by atoms with E-state index in [1.165, 1.54) is 6.42 Å². The number of hydrogen-bond donors (Lipinski definition) is 1. The van der Waals surface area contributed by atoms with E-state index in [0.29, 0.717) is 23.7 Å². The molecule has 1 aromatic rings. The SMILES string of the molecule is CC1CCCC(CCl)(Nc2nccn(C3CC3)c2=O)C1. The zero-order valence-electron chi connectivity index (χ0n) is 11.9. The van der Waals surface area contributed by atoms with Gasteiger partial charge in [0.1, 0.15) is 0 Å². The Morgan fingerprint density at radius 2 is 2.30 bits per heavy atom. The van der Waals surface area contributed by atoms with Crippen LogP contribution < -0.4 is 10.9 Å². The molecule has 0 bridgehead atoms. The molecule has 2 aliphatic rings. The van der Waals surface area contributed by atoms with Crippen molar-refractivity contribution >= 4 is 17.4 Å². The van der Waals surface area contributed by atoms with Gasteiger partial charge in [0.15, 0.2) is 5.82 Å². The zero-order chi connectivity index (χ0) is 14.2. The molecular weight excluding hydrogens is 274 g/mol. The van der Waals surface area contributed by atoms with Crippen LogP contribution in [0, 0.1) is 5.92 Å². The van der Waals surface area contributed by atoms with Gasteiger partial charge in [0.05, 0.1) is 5.54 Å². The molecule has 2 saturated carbocycles. The van der Waals surface area contributed by atoms with Crippen LogP contribution in [-0.2, 0) is 0 Å². The Morgan fingerprint density at radius 1 is 1.50 bits per heavy atom. The van der Waals surface area contributed by atoms with Gasteiger partial charge < -0.3 is 9.88 Å². The van der Waals surface area contributed by atoms with E-state index >= 15 is 0 Å². The van der Waals surface area contributed by atoms with Gasteiger partial charge in [-0.05, 0) is 31.6 Å². The predicted molar refractivity (Wildman–Crippen MR) is 81.5 cm³/mol. The first-order valence-electron chi connectivity index (χ1n) is 7.55. The van der Waals surface area contributed by atoms with Crippen molar-refractivity contribution in [2.75, 3.05) is 11.2 Å². The maximum atomic E-state index is 12.5. The molecule has 1 N–H and O–H groups in total. The van der Waals surface area contributed by atoms with Crippen molar-refractivity contribution < 1.29 is 0 Å². The van der Waals surface area contributed by atoms with Crippen LogP contribution in [0.5, 0.6) is 0 Å². The molecule has 0 radical (unpaired) electrons. The highest BCUT2D eigenvalue weighted by Gasteiger charge is 2.35. The molecule has 2 aliphatic carbocycles. The molecule has 2 fully saturated rings. The molecule has 2 unspecified atom stereocenters. The largest absolute Gasteiger partial charge is 0.359 e. The van der Waals surface area contributed by atoms with Crippen molar-refractivity contribution in [2.24, 2.45) is 5.92 Å². The lowest BCUT2D eigenvalue weighted by Crippen LogP contribution is -2.46. The molecule has 3 rings (SSSR count). The van der Waals surface area contributed by atoms with Crippen LogP contribution in [0.2, 0.25) is 0 Å². The van der Waals surface area contributed by atoms with E-state index in [4.69, 9.17) is 11.6 Å². The molecular formula is C15H22ClN3O. The lowest BCUT2D eigenvalue weighted by atomic mass is 9.77. The van der Waals surface area contributed by atoms with E-state index in [0.717, 1.165) is 32.1 Å². The third kappa shape index (κ3) is 2.71. The number of anilines is 1. The summed E-state index contributed by atoms with van der Waals surface area (Å²) in [6.45, 7) is 2.25. The Morgan fingerprint density at radius 3 is 2.95 bits per heavy atom. The first-order valence-corrected chi connectivity index (χ1v) is 8.08. The van der Waals surface area contributed by atoms with Crippen LogP contribution in [0.15, 0.2) is 17.2 Å². The smallest absolute Gasteiger partial charge is 0.293 e. The molecule has 5 heteroatoms. The first-order chi connectivity index (χ1) is 9.63. The van der Waals surface area contributed by atoms with Gasteiger partial charge in [-0.15, -0.1) is 11.6 Å². The topological polar surface area (TPSA) is 46.9 Å². The summed E-state index contributed by atoms with van der Waals surface area (Å²) >= 11 is 6.22. The lowest BCUT2D eigenvalue weighted by Gasteiger charge is -2.39. The summed E-state index contributed by atoms with van der Waals surface area (Å²) in [6, 6.07) is 0.378. The lowest BCUT2D eigenvalue weighted by molar-refractivity contribution is 0.278. The fraction of sp³-hybridized carbons (Fsp3) is 0.733. The van der Waals surface area contributed by atoms with Crippen LogP contribution in [0.1, 0.15) is 51.5 Å². The highest BCUT2D eigenvalue weighted by atomic mass is 35.5. The third-order valence-electron chi connectivity index (χ3n) is 4.54. The van der Waals surface area contributed by atoms with Crippen molar-refractivity contribution in [3.63, 3.8) is 0 Å². The Balaban J connectivity index is 1.85. The molecule has 110 valence electrons. The van der Waals surface area contributed by atoms with Crippen molar-refractivity contribution in [3.8, 4) is 0 Å². The second-order valence-corrected chi connectivity index (χ2v) is 6.73. The van der Waals surface area contributed by atoms with E-state index in [9.17, 15) is 4.79 Å². The number of hydrogen-bond acceptors (Lipinski definition) is 3. The molecule has 0 saturated heterocycles. The van der Waals surface area contributed by atoms with Gasteiger partial charge in [0.25, 0.3) is 5.56 Å². The molecule has 0 aromatic carbocycles. The van der Waals surface area contributed by atoms with Crippen LogP contribution in [-0.4, -0.2) is 21.0 Å². The van der Waals surface area contributed by atoms with Crippen molar-refractivity contribution in [1.29, 1.82) is 0 Å². The summed E-state index contributed by atoms with van der Waals surface area (Å²) in [4.78, 5) is 16.7. The van der Waals surface area contributed by atoms with E-state index in [1.807, 2.05) is 4.57 Å². The summed E-state index contributed by atoms with van der Waals surface area (Å²) in [5, 5.41) is 3.39. The number of aromatic nitrogens is 2. The quantitative estimate of drug-likeness (QED) is 0.868. The normalized spacial score (nSPS) is 30.2. The maximum Gasteiger partial charge on any atom is 0.293 e. The summed E-state index contributed by atoms with van der Waals surface area (Å²) in [5.74, 6) is 1.63. The van der Waals surface area contributed by atoms with Crippen LogP contribution >= 0.6 is 11.6 Å². The molecule has 0 spiro atoms. The second kappa shape index (κ2) is 5.40. The monoisotopic (exact) mass is 295 g/mol. The molecule has 0 amide bonds. The van der Waals surface area contributed by atoms with Gasteiger partial charge in [0, 0.05) is 24.3 Å². The zero-order valence-corrected chi connectivity index (χ0v) is 12.7. The third-order valence-corrected chi connectivity index (χ3v) is 5.05. The first kappa shape index (κ1) is 13.9. The van der Waals surface area contributed by atoms with E-state index < -0.39 is 0 Å². The van der Waals surface area contributed by atoms with Gasteiger partial charge in [-0.2, -0.15) is 0 Å². The average molecular weight is 296 g/mol. The minimum atomic E-state index is -0.173. The average Bonchev–Trinajstić information content (AvgIpc) is 3.26. The number of nitrogens with one attached hydrogen (secondary N) is 1. The van der Waals surface area contributed by atoms with Gasteiger partial charge in [0.2, 0.25) is 0 Å². The van der Waals surface area contributed by atoms with Crippen LogP contribution in [0.3, 0.4) is 0 Å². The number of nitrogens with zero attached hydrogens (tertiary/aromatic N) is 2. The number of rotatable bonds is 4. The number of alkyl halides is 1.